The molecule has 0 spiro atoms. The van der Waals surface area contributed by atoms with Gasteiger partial charge in [0.25, 0.3) is 0 Å². The van der Waals surface area contributed by atoms with Crippen LogP contribution in [-0.2, 0) is 0 Å². The van der Waals surface area contributed by atoms with Gasteiger partial charge in [-0.25, -0.2) is 0 Å². The molecular formula is C8H12O. The van der Waals surface area contributed by atoms with Gasteiger partial charge in [-0.1, -0.05) is 24.3 Å². The zero-order valence-electron chi connectivity index (χ0n) is 5.46. The molecule has 0 heterocycles. The third-order valence-corrected chi connectivity index (χ3v) is 1.48. The molecule has 0 aromatic rings. The molecule has 1 rings (SSSR count). The van der Waals surface area contributed by atoms with E-state index in [1.807, 2.05) is 0 Å². The van der Waals surface area contributed by atoms with E-state index in [1.54, 1.807) is 0 Å². The molecule has 0 fully saturated rings. The Balaban J connectivity index is 2.48. The second kappa shape index (κ2) is 3.46. The van der Waals surface area contributed by atoms with E-state index in [4.69, 9.17) is 5.11 Å². The summed E-state index contributed by atoms with van der Waals surface area (Å²) >= 11 is 0. The topological polar surface area (TPSA) is 20.2 Å². The van der Waals surface area contributed by atoms with Crippen LogP contribution in [0.3, 0.4) is 0 Å². The molecule has 0 aromatic carbocycles. The quantitative estimate of drug-likeness (QED) is 0.525. The first-order chi connectivity index (χ1) is 4.43. The molecule has 50 valence electrons. The van der Waals surface area contributed by atoms with Crippen molar-refractivity contribution in [1.82, 2.24) is 0 Å². The summed E-state index contributed by atoms with van der Waals surface area (Å²) in [6, 6.07) is 0. The molecule has 9 heavy (non-hydrogen) atoms. The van der Waals surface area contributed by atoms with Crippen LogP contribution in [0.2, 0.25) is 0 Å². The molecule has 0 aliphatic heterocycles. The molecule has 0 atom stereocenters. The van der Waals surface area contributed by atoms with Crippen molar-refractivity contribution in [2.45, 2.75) is 12.8 Å². The summed E-state index contributed by atoms with van der Waals surface area (Å²) < 4.78 is 0. The van der Waals surface area contributed by atoms with Crippen molar-refractivity contribution in [2.24, 2.45) is 5.92 Å². The highest BCUT2D eigenvalue weighted by molar-refractivity contribution is 5.04. The zero-order chi connectivity index (χ0) is 6.53. The van der Waals surface area contributed by atoms with E-state index in [2.05, 4.69) is 24.3 Å². The lowest BCUT2D eigenvalue weighted by Crippen LogP contribution is -1.96. The van der Waals surface area contributed by atoms with E-state index < -0.39 is 0 Å². The zero-order valence-corrected chi connectivity index (χ0v) is 5.46. The van der Waals surface area contributed by atoms with Gasteiger partial charge >= 0.3 is 0 Å². The highest BCUT2D eigenvalue weighted by atomic mass is 16.3. The fraction of sp³-hybridized carbons (Fsp3) is 0.500. The molecule has 1 aliphatic rings. The van der Waals surface area contributed by atoms with Gasteiger partial charge in [-0.2, -0.15) is 0 Å². The van der Waals surface area contributed by atoms with E-state index in [-0.39, 0.29) is 12.5 Å². The summed E-state index contributed by atoms with van der Waals surface area (Å²) in [5.41, 5.74) is 0. The first-order valence-electron chi connectivity index (χ1n) is 3.37. The fourth-order valence-corrected chi connectivity index (χ4v) is 0.920. The summed E-state index contributed by atoms with van der Waals surface area (Å²) in [5, 5.41) is 8.71. The minimum absolute atomic E-state index is 0.243. The maximum atomic E-state index is 8.71. The third-order valence-electron chi connectivity index (χ3n) is 1.48. The van der Waals surface area contributed by atoms with Crippen LogP contribution in [0.5, 0.6) is 0 Å². The van der Waals surface area contributed by atoms with E-state index in [9.17, 15) is 0 Å². The monoisotopic (exact) mass is 124 g/mol. The Hall–Kier alpha value is -0.560. The Kier molecular flexibility index (Phi) is 2.52. The Labute approximate surface area is 55.7 Å². The number of aliphatic hydroxyl groups excluding tert-OH is 1. The van der Waals surface area contributed by atoms with Crippen LogP contribution in [-0.4, -0.2) is 11.7 Å². The number of aliphatic hydroxyl groups is 1. The van der Waals surface area contributed by atoms with Gasteiger partial charge in [0.1, 0.15) is 0 Å². The molecular weight excluding hydrogens is 112 g/mol. The van der Waals surface area contributed by atoms with Crippen molar-refractivity contribution in [2.75, 3.05) is 6.61 Å². The van der Waals surface area contributed by atoms with E-state index >= 15 is 0 Å². The van der Waals surface area contributed by atoms with Gasteiger partial charge < -0.3 is 5.11 Å². The molecule has 1 nitrogen and oxygen atoms in total. The molecule has 0 aromatic heterocycles. The lowest BCUT2D eigenvalue weighted by atomic mass is 10.1. The number of hydrogen-bond acceptors (Lipinski definition) is 1. The molecule has 1 aliphatic carbocycles. The maximum Gasteiger partial charge on any atom is 0.0528 e. The van der Waals surface area contributed by atoms with Crippen LogP contribution in [0, 0.1) is 5.92 Å². The lowest BCUT2D eigenvalue weighted by Gasteiger charge is -1.97. The van der Waals surface area contributed by atoms with Gasteiger partial charge in [-0.05, 0) is 12.8 Å². The molecule has 1 N–H and O–H groups in total. The average Bonchev–Trinajstić information content (AvgIpc) is 2.13. The van der Waals surface area contributed by atoms with Gasteiger partial charge in [-0.15, -0.1) is 0 Å². The van der Waals surface area contributed by atoms with Crippen molar-refractivity contribution in [3.63, 3.8) is 0 Å². The van der Waals surface area contributed by atoms with E-state index in [1.165, 1.54) is 0 Å². The van der Waals surface area contributed by atoms with Crippen molar-refractivity contribution >= 4 is 0 Å². The molecule has 1 heteroatoms. The van der Waals surface area contributed by atoms with Crippen LogP contribution in [0.4, 0.5) is 0 Å². The first kappa shape index (κ1) is 6.56. The van der Waals surface area contributed by atoms with Crippen LogP contribution in [0.1, 0.15) is 12.8 Å². The maximum absolute atomic E-state index is 8.71. The molecule has 0 amide bonds. The normalized spacial score (nSPS) is 20.1. The third kappa shape index (κ3) is 2.02. The van der Waals surface area contributed by atoms with Crippen molar-refractivity contribution < 1.29 is 5.11 Å². The number of hydrogen-bond donors (Lipinski definition) is 1. The van der Waals surface area contributed by atoms with E-state index in [0.717, 1.165) is 12.8 Å². The number of allylic oxidation sites excluding steroid dienone is 2. The SMILES string of the molecule is OCC1C=CCCC=C1. The molecule has 0 bridgehead atoms. The second-order valence-corrected chi connectivity index (χ2v) is 2.28. The van der Waals surface area contributed by atoms with Crippen molar-refractivity contribution in [1.29, 1.82) is 0 Å². The predicted octanol–water partition coefficient (Wildman–Crippen LogP) is 1.50. The fourth-order valence-electron chi connectivity index (χ4n) is 0.920. The average molecular weight is 124 g/mol. The first-order valence-corrected chi connectivity index (χ1v) is 3.37. The summed E-state index contributed by atoms with van der Waals surface area (Å²) in [4.78, 5) is 0. The summed E-state index contributed by atoms with van der Waals surface area (Å²) in [5.74, 6) is 0.271. The van der Waals surface area contributed by atoms with Gasteiger partial charge in [0.2, 0.25) is 0 Å². The Morgan fingerprint density at radius 1 is 1.22 bits per heavy atom. The summed E-state index contributed by atoms with van der Waals surface area (Å²) in [7, 11) is 0. The molecule has 0 saturated carbocycles. The lowest BCUT2D eigenvalue weighted by molar-refractivity contribution is 0.274. The van der Waals surface area contributed by atoms with Crippen molar-refractivity contribution in [3.8, 4) is 0 Å². The Bertz CT molecular complexity index is 111. The standard InChI is InChI=1S/C8H12O/c9-7-8-5-3-1-2-4-6-8/h3-6,8-9H,1-2,7H2. The summed E-state index contributed by atoms with van der Waals surface area (Å²) in [6.07, 6.45) is 10.6. The van der Waals surface area contributed by atoms with Crippen LogP contribution >= 0.6 is 0 Å². The smallest absolute Gasteiger partial charge is 0.0528 e. The summed E-state index contributed by atoms with van der Waals surface area (Å²) in [6.45, 7) is 0.243. The largest absolute Gasteiger partial charge is 0.395 e. The molecule has 0 radical (unpaired) electrons. The van der Waals surface area contributed by atoms with E-state index in [0.29, 0.717) is 0 Å². The van der Waals surface area contributed by atoms with Gasteiger partial charge in [0.15, 0.2) is 0 Å². The minimum atomic E-state index is 0.243. The minimum Gasteiger partial charge on any atom is -0.395 e. The van der Waals surface area contributed by atoms with Crippen LogP contribution < -0.4 is 0 Å². The molecule has 0 unspecified atom stereocenters. The Morgan fingerprint density at radius 3 is 2.22 bits per heavy atom. The predicted molar refractivity (Wildman–Crippen MR) is 38.1 cm³/mol. The number of rotatable bonds is 1. The van der Waals surface area contributed by atoms with Crippen molar-refractivity contribution in [3.05, 3.63) is 24.3 Å². The highest BCUT2D eigenvalue weighted by Gasteiger charge is 1.97. The highest BCUT2D eigenvalue weighted by Crippen LogP contribution is 2.07. The molecule has 0 saturated heterocycles. The Morgan fingerprint density at radius 2 is 1.78 bits per heavy atom. The van der Waals surface area contributed by atoms with Gasteiger partial charge in [0, 0.05) is 5.92 Å². The van der Waals surface area contributed by atoms with Gasteiger partial charge in [-0.3, -0.25) is 0 Å². The van der Waals surface area contributed by atoms with Crippen LogP contribution in [0.25, 0.3) is 0 Å². The van der Waals surface area contributed by atoms with Crippen LogP contribution in [0.15, 0.2) is 24.3 Å². The van der Waals surface area contributed by atoms with Gasteiger partial charge in [0.05, 0.1) is 6.61 Å². The second-order valence-electron chi connectivity index (χ2n) is 2.28.